The van der Waals surface area contributed by atoms with Gasteiger partial charge in [0.05, 0.1) is 22.4 Å². The summed E-state index contributed by atoms with van der Waals surface area (Å²) in [5.41, 5.74) is 19.2. The van der Waals surface area contributed by atoms with E-state index in [1.54, 1.807) is 6.33 Å². The molecule has 0 amide bonds. The highest BCUT2D eigenvalue weighted by atomic mass is 32.1. The first-order chi connectivity index (χ1) is 35.8. The Morgan fingerprint density at radius 3 is 2.37 bits per heavy atom. The van der Waals surface area contributed by atoms with Gasteiger partial charge >= 0.3 is 0 Å². The van der Waals surface area contributed by atoms with Gasteiger partial charge in [0.2, 0.25) is 0 Å². The molecule has 0 spiro atoms. The van der Waals surface area contributed by atoms with Crippen molar-refractivity contribution in [3.05, 3.63) is 245 Å². The lowest BCUT2D eigenvalue weighted by molar-refractivity contribution is 0.696. The number of allylic oxidation sites excluding steroid dienone is 16. The Balaban J connectivity index is 0.000000177. The summed E-state index contributed by atoms with van der Waals surface area (Å²) in [4.78, 5) is 10.7. The first-order valence-electron chi connectivity index (χ1n) is 25.8. The highest BCUT2D eigenvalue weighted by molar-refractivity contribution is 7.21. The van der Waals surface area contributed by atoms with Gasteiger partial charge in [-0.25, -0.2) is 9.97 Å². The molecule has 0 N–H and O–H groups in total. The monoisotopic (exact) mass is 971 g/mol. The van der Waals surface area contributed by atoms with Gasteiger partial charge in [0.15, 0.2) is 0 Å². The van der Waals surface area contributed by atoms with Crippen LogP contribution < -0.4 is 0 Å². The second kappa shape index (κ2) is 22.7. The van der Waals surface area contributed by atoms with Gasteiger partial charge in [0.1, 0.15) is 6.33 Å². The molecule has 0 radical (unpaired) electrons. The average molecular weight is 971 g/mol. The molecule has 11 rings (SSSR count). The summed E-state index contributed by atoms with van der Waals surface area (Å²) in [5, 5.41) is 3.63. The molecule has 0 bridgehead atoms. The fraction of sp³-hybridized carbons (Fsp3) is 0.176. The highest BCUT2D eigenvalue weighted by Crippen LogP contribution is 2.46. The minimum atomic E-state index is 0.299. The summed E-state index contributed by atoms with van der Waals surface area (Å²) in [6.07, 6.45) is 42.4. The zero-order valence-corrected chi connectivity index (χ0v) is 44.3. The Morgan fingerprint density at radius 2 is 1.63 bits per heavy atom. The summed E-state index contributed by atoms with van der Waals surface area (Å²) < 4.78 is 5.97. The molecule has 0 saturated carbocycles. The van der Waals surface area contributed by atoms with Crippen LogP contribution in [0.15, 0.2) is 195 Å². The van der Waals surface area contributed by atoms with Crippen LogP contribution in [0.3, 0.4) is 0 Å². The molecule has 5 heteroatoms. The van der Waals surface area contributed by atoms with E-state index < -0.39 is 0 Å². The van der Waals surface area contributed by atoms with Crippen molar-refractivity contribution in [2.75, 3.05) is 0 Å². The maximum absolute atomic E-state index is 4.73. The smallest absolute Gasteiger partial charge is 0.116 e. The Labute approximate surface area is 436 Å². The maximum atomic E-state index is 4.73. The van der Waals surface area contributed by atoms with Crippen LogP contribution >= 0.6 is 11.3 Å². The second-order valence-corrected chi connectivity index (χ2v) is 19.5. The van der Waals surface area contributed by atoms with Gasteiger partial charge in [0.25, 0.3) is 0 Å². The number of benzene rings is 4. The third-order valence-electron chi connectivity index (χ3n) is 14.1. The molecule has 4 aromatic carbocycles. The second-order valence-electron chi connectivity index (χ2n) is 18.5. The van der Waals surface area contributed by atoms with Crippen molar-refractivity contribution in [2.24, 2.45) is 13.0 Å². The van der Waals surface area contributed by atoms with Gasteiger partial charge in [-0.3, -0.25) is 0 Å². The van der Waals surface area contributed by atoms with E-state index in [1.165, 1.54) is 59.6 Å². The summed E-state index contributed by atoms with van der Waals surface area (Å²) in [6.45, 7) is 21.4. The van der Waals surface area contributed by atoms with E-state index in [9.17, 15) is 0 Å². The predicted octanol–water partition coefficient (Wildman–Crippen LogP) is 18.9. The van der Waals surface area contributed by atoms with Crippen LogP contribution in [0, 0.1) is 12.8 Å². The quantitative estimate of drug-likeness (QED) is 0.121. The molecular weight excluding hydrogens is 905 g/mol. The molecule has 3 aliphatic carbocycles. The Morgan fingerprint density at radius 1 is 0.836 bits per heavy atom. The zero-order valence-electron chi connectivity index (χ0n) is 43.4. The van der Waals surface area contributed by atoms with Crippen LogP contribution in [-0.2, 0) is 13.5 Å². The Hall–Kier alpha value is -7.86. The van der Waals surface area contributed by atoms with Gasteiger partial charge in [-0.15, -0.1) is 11.3 Å². The van der Waals surface area contributed by atoms with E-state index in [4.69, 9.17) is 4.98 Å². The molecule has 0 aliphatic heterocycles. The van der Waals surface area contributed by atoms with Crippen molar-refractivity contribution in [1.29, 1.82) is 0 Å². The summed E-state index contributed by atoms with van der Waals surface area (Å²) in [6, 6.07) is 31.9. The van der Waals surface area contributed by atoms with E-state index in [0.717, 1.165) is 75.0 Å². The van der Waals surface area contributed by atoms with Crippen LogP contribution in [0.1, 0.15) is 103 Å². The minimum absolute atomic E-state index is 0.299. The maximum Gasteiger partial charge on any atom is 0.116 e. The van der Waals surface area contributed by atoms with Crippen molar-refractivity contribution in [3.8, 4) is 16.9 Å². The molecular formula is C68H66N4S. The van der Waals surface area contributed by atoms with Crippen LogP contribution in [0.25, 0.3) is 84.3 Å². The van der Waals surface area contributed by atoms with Crippen molar-refractivity contribution >= 4 is 78.7 Å². The lowest BCUT2D eigenvalue weighted by atomic mass is 9.83. The molecule has 4 aromatic heterocycles. The molecule has 2 atom stereocenters. The molecule has 364 valence electrons. The van der Waals surface area contributed by atoms with Gasteiger partial charge in [0, 0.05) is 73.0 Å². The number of thiophene rings is 1. The van der Waals surface area contributed by atoms with E-state index in [-0.39, 0.29) is 0 Å². The molecule has 73 heavy (non-hydrogen) atoms. The third-order valence-corrected chi connectivity index (χ3v) is 15.4. The van der Waals surface area contributed by atoms with Crippen LogP contribution in [0.5, 0.6) is 0 Å². The number of aromatic nitrogens is 4. The van der Waals surface area contributed by atoms with Crippen molar-refractivity contribution in [2.45, 2.75) is 66.7 Å². The van der Waals surface area contributed by atoms with E-state index in [0.29, 0.717) is 11.8 Å². The number of hydrogen-bond acceptors (Lipinski definition) is 3. The number of nitrogens with zero attached hydrogens (tertiary/aromatic N) is 4. The zero-order chi connectivity index (χ0) is 51.0. The molecule has 2 unspecified atom stereocenters. The van der Waals surface area contributed by atoms with E-state index in [1.807, 2.05) is 37.3 Å². The summed E-state index contributed by atoms with van der Waals surface area (Å²) >= 11 is 1.88. The molecule has 3 aliphatic rings. The van der Waals surface area contributed by atoms with E-state index >= 15 is 0 Å². The summed E-state index contributed by atoms with van der Waals surface area (Å²) in [7, 11) is 2.19. The third kappa shape index (κ3) is 9.78. The van der Waals surface area contributed by atoms with Crippen molar-refractivity contribution < 1.29 is 0 Å². The standard InChI is InChI=1S/C37H34N2.C29H26N2S.C2H6/c1-6-14-35-30(7-2)32-20-13-19-31(37(32)39(35)29-17-9-8-10-18-29)25(3)21-22-34-26(4)33-23-27-15-11-12-16-28(27)24-36(33)38(34)5;1-3-4-7-12-20(2)25-23-17-18-24-26(27(31-19-30-24)21-13-8-5-9-14-21)29(23)32-28(25)22-15-10-6-11-16-22;1-2/h6-23,28H,2-3,24H2,1,4-5H3;3-5,7-10,12-20H,6,11H2,1-2H3;1-2H3/b14-6-,22-21-;4-3-,12-7-;. The molecule has 4 heterocycles. The summed E-state index contributed by atoms with van der Waals surface area (Å²) in [5.74, 6) is 0.768. The predicted molar refractivity (Wildman–Crippen MR) is 320 cm³/mol. The number of hydrogen-bond donors (Lipinski definition) is 0. The number of para-hydroxylation sites is 2. The minimum Gasteiger partial charge on any atom is -0.347 e. The molecule has 4 nitrogen and oxygen atoms in total. The van der Waals surface area contributed by atoms with Gasteiger partial charge in [-0.05, 0) is 115 Å². The number of fused-ring (bicyclic) bond motifs is 6. The van der Waals surface area contributed by atoms with Gasteiger partial charge < -0.3 is 9.13 Å². The van der Waals surface area contributed by atoms with Gasteiger partial charge in [-0.1, -0.05) is 192 Å². The first-order valence-corrected chi connectivity index (χ1v) is 26.6. The topological polar surface area (TPSA) is 35.6 Å². The Bertz CT molecular complexity index is 3640. The van der Waals surface area contributed by atoms with Crippen molar-refractivity contribution in [3.63, 3.8) is 0 Å². The fourth-order valence-corrected chi connectivity index (χ4v) is 12.1. The normalized spacial score (nSPS) is 15.4. The van der Waals surface area contributed by atoms with Crippen LogP contribution in [0.4, 0.5) is 0 Å². The highest BCUT2D eigenvalue weighted by Gasteiger charge is 2.26. The SMILES string of the molecule is C/C=C\C=C/C(C)c1c(C2=CCCC=C2)sc2c1ccc1ncnc(-c3ccccc3)c12.C=Cc1c(/C=C\C)n(-c2ccccc2)c2c(C(=C)/C=C\c3c(C)c4c(n3C)CC3C=CC=CC3=C4)cccc12.CC. The van der Waals surface area contributed by atoms with Crippen LogP contribution in [0.2, 0.25) is 0 Å². The largest absolute Gasteiger partial charge is 0.347 e. The molecule has 0 fully saturated rings. The lowest BCUT2D eigenvalue weighted by Gasteiger charge is -2.23. The van der Waals surface area contributed by atoms with Crippen LogP contribution in [-0.4, -0.2) is 19.1 Å². The van der Waals surface area contributed by atoms with E-state index in [2.05, 4.69) is 244 Å². The average Bonchev–Trinajstić information content (AvgIpc) is 4.07. The van der Waals surface area contributed by atoms with Crippen molar-refractivity contribution in [1.82, 2.24) is 19.1 Å². The number of rotatable bonds is 11. The first kappa shape index (κ1) is 50.1. The fourth-order valence-electron chi connectivity index (χ4n) is 10.6. The molecule has 8 aromatic rings. The molecule has 0 saturated heterocycles. The van der Waals surface area contributed by atoms with Gasteiger partial charge in [-0.2, -0.15) is 0 Å². The Kier molecular flexibility index (Phi) is 15.6. The lowest BCUT2D eigenvalue weighted by Crippen LogP contribution is -2.13.